The Morgan fingerprint density at radius 1 is 0.382 bits per heavy atom. The quantitative estimate of drug-likeness (QED) is 0.286. The summed E-state index contributed by atoms with van der Waals surface area (Å²) in [7, 11) is 0. The fourth-order valence-electron chi connectivity index (χ4n) is 5.75. The highest BCUT2D eigenvalue weighted by molar-refractivity contribution is 5.77. The van der Waals surface area contributed by atoms with Crippen molar-refractivity contribution >= 4 is 0 Å². The van der Waals surface area contributed by atoms with Gasteiger partial charge in [-0.2, -0.15) is 0 Å². The molecule has 0 N–H and O–H groups in total. The molecule has 0 aromatic heterocycles. The maximum atomic E-state index is 2.40. The molecule has 0 heterocycles. The molecule has 0 bridgehead atoms. The van der Waals surface area contributed by atoms with Crippen molar-refractivity contribution in [2.24, 2.45) is 0 Å². The van der Waals surface area contributed by atoms with Crippen LogP contribution in [0.15, 0.2) is 60.7 Å². The zero-order chi connectivity index (χ0) is 24.6. The SMILES string of the molecule is Cc1ccc(-c2ccc(CCc3cc(C)c(-c4c(C)cc(C)cc4C)c(C)c3)cc2C)c(C)c1. The monoisotopic (exact) mass is 446 g/mol. The lowest BCUT2D eigenvalue weighted by Gasteiger charge is -2.18. The Balaban J connectivity index is 1.56. The van der Waals surface area contributed by atoms with E-state index in [9.17, 15) is 0 Å². The van der Waals surface area contributed by atoms with E-state index in [0.29, 0.717) is 0 Å². The Kier molecular flexibility index (Phi) is 6.80. The minimum absolute atomic E-state index is 1.06. The van der Waals surface area contributed by atoms with Gasteiger partial charge >= 0.3 is 0 Å². The molecule has 0 unspecified atom stereocenters. The van der Waals surface area contributed by atoms with E-state index < -0.39 is 0 Å². The van der Waals surface area contributed by atoms with Gasteiger partial charge in [-0.15, -0.1) is 0 Å². The van der Waals surface area contributed by atoms with Crippen LogP contribution >= 0.6 is 0 Å². The summed E-state index contributed by atoms with van der Waals surface area (Å²) in [4.78, 5) is 0. The van der Waals surface area contributed by atoms with Gasteiger partial charge in [0.1, 0.15) is 0 Å². The second-order valence-corrected chi connectivity index (χ2v) is 10.3. The molecule has 0 fully saturated rings. The topological polar surface area (TPSA) is 0 Å². The van der Waals surface area contributed by atoms with Crippen molar-refractivity contribution in [2.75, 3.05) is 0 Å². The average Bonchev–Trinajstić information content (AvgIpc) is 2.74. The normalized spacial score (nSPS) is 11.2. The fraction of sp³-hybridized carbons (Fsp3) is 0.294. The van der Waals surface area contributed by atoms with E-state index in [0.717, 1.165) is 12.8 Å². The van der Waals surface area contributed by atoms with Crippen LogP contribution in [0.3, 0.4) is 0 Å². The van der Waals surface area contributed by atoms with Gasteiger partial charge < -0.3 is 0 Å². The van der Waals surface area contributed by atoms with Crippen LogP contribution in [0.2, 0.25) is 0 Å². The maximum absolute atomic E-state index is 2.40. The first-order valence-electron chi connectivity index (χ1n) is 12.5. The fourth-order valence-corrected chi connectivity index (χ4v) is 5.75. The summed E-state index contributed by atoms with van der Waals surface area (Å²) in [6, 6.07) is 23.2. The van der Waals surface area contributed by atoms with Crippen LogP contribution in [0.25, 0.3) is 22.3 Å². The number of hydrogen-bond acceptors (Lipinski definition) is 0. The predicted octanol–water partition coefficient (Wildman–Crippen LogP) is 9.27. The van der Waals surface area contributed by atoms with E-state index in [4.69, 9.17) is 0 Å². The van der Waals surface area contributed by atoms with Gasteiger partial charge in [0.15, 0.2) is 0 Å². The summed E-state index contributed by atoms with van der Waals surface area (Å²) in [6.45, 7) is 17.8. The molecule has 0 nitrogen and oxygen atoms in total. The Morgan fingerprint density at radius 3 is 1.32 bits per heavy atom. The molecule has 0 saturated carbocycles. The predicted molar refractivity (Wildman–Crippen MR) is 149 cm³/mol. The first kappa shape index (κ1) is 24.0. The number of aryl methyl sites for hydroxylation is 10. The number of rotatable bonds is 5. The Hall–Kier alpha value is -3.12. The average molecular weight is 447 g/mol. The van der Waals surface area contributed by atoms with Crippen molar-refractivity contribution < 1.29 is 0 Å². The Morgan fingerprint density at radius 2 is 0.794 bits per heavy atom. The van der Waals surface area contributed by atoms with Crippen molar-refractivity contribution in [1.82, 2.24) is 0 Å². The zero-order valence-electron chi connectivity index (χ0n) is 22.2. The van der Waals surface area contributed by atoms with Gasteiger partial charge in [0.05, 0.1) is 0 Å². The second kappa shape index (κ2) is 9.63. The summed E-state index contributed by atoms with van der Waals surface area (Å²) in [6.07, 6.45) is 2.13. The van der Waals surface area contributed by atoms with Crippen molar-refractivity contribution in [1.29, 1.82) is 0 Å². The largest absolute Gasteiger partial charge is 0.0587 e. The summed E-state index contributed by atoms with van der Waals surface area (Å²) >= 11 is 0. The number of hydrogen-bond donors (Lipinski definition) is 0. The first-order valence-corrected chi connectivity index (χ1v) is 12.5. The molecule has 0 aliphatic carbocycles. The van der Waals surface area contributed by atoms with Gasteiger partial charge in [-0.3, -0.25) is 0 Å². The summed E-state index contributed by atoms with van der Waals surface area (Å²) in [5.41, 5.74) is 19.2. The zero-order valence-corrected chi connectivity index (χ0v) is 22.2. The van der Waals surface area contributed by atoms with Gasteiger partial charge in [-0.25, -0.2) is 0 Å². The van der Waals surface area contributed by atoms with Crippen LogP contribution in [0.1, 0.15) is 55.6 Å². The van der Waals surface area contributed by atoms with E-state index >= 15 is 0 Å². The molecule has 4 aromatic rings. The lowest BCUT2D eigenvalue weighted by molar-refractivity contribution is 0.954. The highest BCUT2D eigenvalue weighted by Crippen LogP contribution is 2.35. The first-order chi connectivity index (χ1) is 16.1. The molecule has 0 atom stereocenters. The van der Waals surface area contributed by atoms with Crippen molar-refractivity contribution in [2.45, 2.75) is 68.2 Å². The van der Waals surface area contributed by atoms with Gasteiger partial charge in [-0.1, -0.05) is 71.8 Å². The molecule has 0 aliphatic heterocycles. The maximum Gasteiger partial charge on any atom is -0.0120 e. The smallest absolute Gasteiger partial charge is 0.0120 e. The highest BCUT2D eigenvalue weighted by Gasteiger charge is 2.13. The molecule has 0 spiro atoms. The molecule has 174 valence electrons. The standard InChI is InChI=1S/C34H38/c1-21-9-13-31(23(3)15-21)32-14-12-29(18-24(32)4)10-11-30-19-27(7)34(28(8)20-30)33-25(5)16-22(2)17-26(33)6/h9,12-20H,10-11H2,1-8H3. The van der Waals surface area contributed by atoms with E-state index in [1.807, 2.05) is 0 Å². The van der Waals surface area contributed by atoms with E-state index in [1.54, 1.807) is 0 Å². The second-order valence-electron chi connectivity index (χ2n) is 10.3. The molecular weight excluding hydrogens is 408 g/mol. The van der Waals surface area contributed by atoms with E-state index in [2.05, 4.69) is 116 Å². The molecule has 4 aromatic carbocycles. The van der Waals surface area contributed by atoms with Crippen molar-refractivity contribution in [3.63, 3.8) is 0 Å². The third kappa shape index (κ3) is 4.87. The lowest BCUT2D eigenvalue weighted by atomic mass is 9.86. The molecule has 4 rings (SSSR count). The van der Waals surface area contributed by atoms with Crippen LogP contribution in [-0.4, -0.2) is 0 Å². The summed E-state index contributed by atoms with van der Waals surface area (Å²) in [5, 5.41) is 0. The third-order valence-corrected chi connectivity index (χ3v) is 7.18. The molecule has 0 heteroatoms. The third-order valence-electron chi connectivity index (χ3n) is 7.18. The van der Waals surface area contributed by atoms with E-state index in [-0.39, 0.29) is 0 Å². The van der Waals surface area contributed by atoms with Crippen molar-refractivity contribution in [3.05, 3.63) is 116 Å². The van der Waals surface area contributed by atoms with Gasteiger partial charge in [-0.05, 0) is 135 Å². The molecule has 34 heavy (non-hydrogen) atoms. The Labute approximate surface area is 206 Å². The molecule has 0 aliphatic rings. The summed E-state index contributed by atoms with van der Waals surface area (Å²) < 4.78 is 0. The highest BCUT2D eigenvalue weighted by atomic mass is 14.2. The molecule has 0 saturated heterocycles. The molecule has 0 radical (unpaired) electrons. The minimum Gasteiger partial charge on any atom is -0.0587 e. The van der Waals surface area contributed by atoms with Gasteiger partial charge in [0, 0.05) is 0 Å². The van der Waals surface area contributed by atoms with Crippen molar-refractivity contribution in [3.8, 4) is 22.3 Å². The number of benzene rings is 4. The molecule has 0 amide bonds. The van der Waals surface area contributed by atoms with Crippen LogP contribution in [-0.2, 0) is 12.8 Å². The minimum atomic E-state index is 1.06. The van der Waals surface area contributed by atoms with Gasteiger partial charge in [0.25, 0.3) is 0 Å². The van der Waals surface area contributed by atoms with Gasteiger partial charge in [0.2, 0.25) is 0 Å². The van der Waals surface area contributed by atoms with Crippen LogP contribution in [0, 0.1) is 55.4 Å². The van der Waals surface area contributed by atoms with Crippen LogP contribution in [0.5, 0.6) is 0 Å². The van der Waals surface area contributed by atoms with Crippen LogP contribution < -0.4 is 0 Å². The summed E-state index contributed by atoms with van der Waals surface area (Å²) in [5.74, 6) is 0. The molecular formula is C34H38. The Bertz CT molecular complexity index is 1320. The van der Waals surface area contributed by atoms with Crippen LogP contribution in [0.4, 0.5) is 0 Å². The van der Waals surface area contributed by atoms with E-state index in [1.165, 1.54) is 77.9 Å². The lowest BCUT2D eigenvalue weighted by Crippen LogP contribution is -1.99.